The number of nitrogens with zero attached hydrogens (tertiary/aromatic N) is 1. The van der Waals surface area contributed by atoms with Gasteiger partial charge in [-0.25, -0.2) is 0 Å². The van der Waals surface area contributed by atoms with Crippen molar-refractivity contribution in [2.24, 2.45) is 0 Å². The van der Waals surface area contributed by atoms with Gasteiger partial charge < -0.3 is 4.74 Å². The molecule has 0 amide bonds. The molecule has 12 heavy (non-hydrogen) atoms. The molecule has 0 N–H and O–H groups in total. The zero-order valence-electron chi connectivity index (χ0n) is 7.06. The molecule has 0 spiro atoms. The molecule has 0 unspecified atom stereocenters. The molecule has 0 saturated heterocycles. The van der Waals surface area contributed by atoms with Crippen molar-refractivity contribution in [1.82, 2.24) is 0 Å². The Morgan fingerprint density at radius 1 is 1.33 bits per heavy atom. The van der Waals surface area contributed by atoms with Gasteiger partial charge in [0.15, 0.2) is 12.4 Å². The fraction of sp³-hybridized carbons (Fsp3) is 0.333. The average Bonchev–Trinajstić information content (AvgIpc) is 2.16. The quantitative estimate of drug-likeness (QED) is 0.493. The van der Waals surface area contributed by atoms with Crippen LogP contribution in [0.15, 0.2) is 30.6 Å². The van der Waals surface area contributed by atoms with E-state index in [0.717, 1.165) is 0 Å². The van der Waals surface area contributed by atoms with Crippen LogP contribution in [-0.2, 0) is 16.3 Å². The Morgan fingerprint density at radius 3 is 2.58 bits per heavy atom. The Kier molecular flexibility index (Phi) is 3.26. The molecule has 1 aromatic rings. The summed E-state index contributed by atoms with van der Waals surface area (Å²) < 4.78 is 6.70. The van der Waals surface area contributed by atoms with Crippen LogP contribution in [0.5, 0.6) is 0 Å². The van der Waals surface area contributed by atoms with Crippen molar-refractivity contribution in [2.45, 2.75) is 20.1 Å². The monoisotopic (exact) mass is 166 g/mol. The summed E-state index contributed by atoms with van der Waals surface area (Å²) in [6.45, 7) is 2.07. The highest BCUT2D eigenvalue weighted by molar-refractivity contribution is 5.68. The van der Waals surface area contributed by atoms with Crippen molar-refractivity contribution in [2.75, 3.05) is 0 Å². The van der Waals surface area contributed by atoms with E-state index in [2.05, 4.69) is 0 Å². The van der Waals surface area contributed by atoms with Gasteiger partial charge in [0, 0.05) is 18.6 Å². The van der Waals surface area contributed by atoms with Crippen LogP contribution in [0.1, 0.15) is 13.3 Å². The van der Waals surface area contributed by atoms with Gasteiger partial charge in [0.25, 0.3) is 6.73 Å². The number of ether oxygens (including phenoxy) is 1. The minimum Gasteiger partial charge on any atom is -0.405 e. The van der Waals surface area contributed by atoms with E-state index < -0.39 is 0 Å². The van der Waals surface area contributed by atoms with Gasteiger partial charge in [0.2, 0.25) is 0 Å². The van der Waals surface area contributed by atoms with Crippen LogP contribution in [-0.4, -0.2) is 5.97 Å². The lowest BCUT2D eigenvalue weighted by molar-refractivity contribution is -0.727. The molecule has 0 saturated carbocycles. The van der Waals surface area contributed by atoms with Gasteiger partial charge in [-0.1, -0.05) is 13.0 Å². The van der Waals surface area contributed by atoms with E-state index in [-0.39, 0.29) is 5.97 Å². The van der Waals surface area contributed by atoms with Crippen LogP contribution in [0.3, 0.4) is 0 Å². The van der Waals surface area contributed by atoms with Crippen molar-refractivity contribution in [3.8, 4) is 0 Å². The minimum atomic E-state index is -0.175. The molecule has 0 bridgehead atoms. The molecule has 0 fully saturated rings. The zero-order valence-corrected chi connectivity index (χ0v) is 7.06. The molecule has 0 radical (unpaired) electrons. The Hall–Kier alpha value is -1.38. The van der Waals surface area contributed by atoms with Crippen molar-refractivity contribution >= 4 is 5.97 Å². The average molecular weight is 166 g/mol. The lowest BCUT2D eigenvalue weighted by Gasteiger charge is -1.97. The number of hydrogen-bond donors (Lipinski definition) is 0. The van der Waals surface area contributed by atoms with Crippen LogP contribution in [0.25, 0.3) is 0 Å². The number of pyridine rings is 1. The lowest BCUT2D eigenvalue weighted by atomic mass is 10.5. The van der Waals surface area contributed by atoms with E-state index in [4.69, 9.17) is 4.74 Å². The highest BCUT2D eigenvalue weighted by Crippen LogP contribution is 1.84. The Labute approximate surface area is 71.6 Å². The van der Waals surface area contributed by atoms with E-state index >= 15 is 0 Å². The van der Waals surface area contributed by atoms with Crippen LogP contribution in [0.2, 0.25) is 0 Å². The first-order valence-electron chi connectivity index (χ1n) is 3.92. The molecule has 1 rings (SSSR count). The predicted octanol–water partition coefficient (Wildman–Crippen LogP) is 0.885. The first kappa shape index (κ1) is 8.71. The molecule has 3 heteroatoms. The third-order valence-corrected chi connectivity index (χ3v) is 1.44. The normalized spacial score (nSPS) is 9.42. The van der Waals surface area contributed by atoms with Crippen molar-refractivity contribution < 1.29 is 14.1 Å². The Balaban J connectivity index is 2.38. The summed E-state index contributed by atoms with van der Waals surface area (Å²) in [5, 5.41) is 0. The van der Waals surface area contributed by atoms with Gasteiger partial charge in [0.1, 0.15) is 0 Å². The first-order chi connectivity index (χ1) is 5.83. The third-order valence-electron chi connectivity index (χ3n) is 1.44. The summed E-state index contributed by atoms with van der Waals surface area (Å²) in [6, 6.07) is 5.69. The highest BCUT2D eigenvalue weighted by atomic mass is 16.5. The lowest BCUT2D eigenvalue weighted by Crippen LogP contribution is -2.34. The third kappa shape index (κ3) is 2.70. The summed E-state index contributed by atoms with van der Waals surface area (Å²) in [7, 11) is 0. The molecule has 0 aromatic carbocycles. The smallest absolute Gasteiger partial charge is 0.310 e. The minimum absolute atomic E-state index is 0.175. The second-order valence-electron chi connectivity index (χ2n) is 2.39. The van der Waals surface area contributed by atoms with E-state index in [0.29, 0.717) is 13.2 Å². The fourth-order valence-electron chi connectivity index (χ4n) is 0.769. The van der Waals surface area contributed by atoms with Crippen molar-refractivity contribution in [3.63, 3.8) is 0 Å². The summed E-state index contributed by atoms with van der Waals surface area (Å²) in [4.78, 5) is 10.7. The van der Waals surface area contributed by atoms with Gasteiger partial charge in [0.05, 0.1) is 0 Å². The van der Waals surface area contributed by atoms with E-state index in [1.165, 1.54) is 0 Å². The predicted molar refractivity (Wildman–Crippen MR) is 43.0 cm³/mol. The Bertz CT molecular complexity index is 246. The maximum Gasteiger partial charge on any atom is 0.310 e. The van der Waals surface area contributed by atoms with Crippen LogP contribution < -0.4 is 4.57 Å². The summed E-state index contributed by atoms with van der Waals surface area (Å²) >= 11 is 0. The number of esters is 1. The van der Waals surface area contributed by atoms with Crippen LogP contribution in [0.4, 0.5) is 0 Å². The van der Waals surface area contributed by atoms with E-state index in [1.807, 2.05) is 30.6 Å². The molecule has 3 nitrogen and oxygen atoms in total. The molecule has 64 valence electrons. The number of carbonyl (C=O) groups excluding carboxylic acids is 1. The molecular weight excluding hydrogens is 154 g/mol. The molecule has 0 aliphatic carbocycles. The van der Waals surface area contributed by atoms with Gasteiger partial charge in [-0.3, -0.25) is 4.79 Å². The molecule has 0 atom stereocenters. The molecule has 1 heterocycles. The van der Waals surface area contributed by atoms with Gasteiger partial charge in [-0.15, -0.1) is 0 Å². The van der Waals surface area contributed by atoms with Crippen LogP contribution >= 0.6 is 0 Å². The van der Waals surface area contributed by atoms with Crippen LogP contribution in [0, 0.1) is 0 Å². The highest BCUT2D eigenvalue weighted by Gasteiger charge is 2.01. The fourth-order valence-corrected chi connectivity index (χ4v) is 0.769. The summed E-state index contributed by atoms with van der Waals surface area (Å²) in [5.41, 5.74) is 0. The van der Waals surface area contributed by atoms with Crippen molar-refractivity contribution in [1.29, 1.82) is 0 Å². The van der Waals surface area contributed by atoms with Gasteiger partial charge >= 0.3 is 5.97 Å². The molecule has 0 aliphatic rings. The summed E-state index contributed by atoms with van der Waals surface area (Å²) in [6.07, 6.45) is 4.12. The first-order valence-corrected chi connectivity index (χ1v) is 3.92. The molecule has 1 aromatic heterocycles. The second-order valence-corrected chi connectivity index (χ2v) is 2.39. The van der Waals surface area contributed by atoms with Crippen molar-refractivity contribution in [3.05, 3.63) is 30.6 Å². The maximum atomic E-state index is 10.7. The maximum absolute atomic E-state index is 10.7. The zero-order chi connectivity index (χ0) is 8.81. The number of rotatable bonds is 3. The number of carbonyl (C=O) groups is 1. The van der Waals surface area contributed by atoms with E-state index in [1.54, 1.807) is 11.5 Å². The van der Waals surface area contributed by atoms with Gasteiger partial charge in [-0.05, 0) is 0 Å². The topological polar surface area (TPSA) is 30.2 Å². The van der Waals surface area contributed by atoms with Gasteiger partial charge in [-0.2, -0.15) is 4.57 Å². The largest absolute Gasteiger partial charge is 0.405 e. The van der Waals surface area contributed by atoms with E-state index in [9.17, 15) is 4.79 Å². The standard InChI is InChI=1S/C9H12NO2/c1-2-9(11)12-8-10-6-4-3-5-7-10/h3-7H,2,8H2,1H3/q+1. The second kappa shape index (κ2) is 4.49. The number of hydrogen-bond acceptors (Lipinski definition) is 2. The number of aromatic nitrogens is 1. The summed E-state index contributed by atoms with van der Waals surface area (Å²) in [5.74, 6) is -0.175. The molecular formula is C9H12NO2+. The molecule has 0 aliphatic heterocycles. The SMILES string of the molecule is CCC(=O)OC[n+]1ccccc1. The Morgan fingerprint density at radius 2 is 2.00 bits per heavy atom.